The summed E-state index contributed by atoms with van der Waals surface area (Å²) in [5.74, 6) is 1.84. The van der Waals surface area contributed by atoms with Gasteiger partial charge in [0.15, 0.2) is 17.5 Å². The van der Waals surface area contributed by atoms with Gasteiger partial charge in [0, 0.05) is 49.5 Å². The lowest BCUT2D eigenvalue weighted by Crippen LogP contribution is -2.01. The zero-order valence-electron chi connectivity index (χ0n) is 36.9. The first kappa shape index (κ1) is 39.2. The normalized spacial score (nSPS) is 11.5. The van der Waals surface area contributed by atoms with Gasteiger partial charge >= 0.3 is 0 Å². The van der Waals surface area contributed by atoms with Crippen molar-refractivity contribution in [3.8, 4) is 78.9 Å². The van der Waals surface area contributed by atoms with Gasteiger partial charge in [0.2, 0.25) is 0 Å². The molecule has 10 aromatic carbocycles. The second kappa shape index (κ2) is 16.4. The quantitative estimate of drug-likeness (QED) is 0.153. The Bertz CT molecular complexity index is 3910. The summed E-state index contributed by atoms with van der Waals surface area (Å²) in [6.45, 7) is 0. The molecule has 13 aromatic rings. The molecule has 0 spiro atoms. The van der Waals surface area contributed by atoms with Crippen LogP contribution < -0.4 is 0 Å². The van der Waals surface area contributed by atoms with Crippen molar-refractivity contribution in [1.29, 1.82) is 0 Å². The molecule has 13 rings (SSSR count). The number of fused-ring (bicyclic) bond motifs is 6. The van der Waals surface area contributed by atoms with E-state index >= 15 is 0 Å². The standard InChI is InChI=1S/C63H41N5/c1-3-17-42(18-4-1)46-21-15-22-47(39-46)48-37-38-60(68-58-31-13-9-27-53(58)54-28-10-14-32-59(54)68)55(41-48)43-33-35-45(36-34-43)62-64-61(44-19-5-2-6-20-44)65-63(66-62)49-23-16-24-50(40-49)67-56-29-11-7-25-51(56)52-26-8-12-30-57(52)67/h1-41H. The van der Waals surface area contributed by atoms with Crippen molar-refractivity contribution >= 4 is 43.6 Å². The van der Waals surface area contributed by atoms with Gasteiger partial charge in [-0.3, -0.25) is 0 Å². The van der Waals surface area contributed by atoms with Gasteiger partial charge in [-0.25, -0.2) is 15.0 Å². The monoisotopic (exact) mass is 867 g/mol. The zero-order chi connectivity index (χ0) is 45.0. The summed E-state index contributed by atoms with van der Waals surface area (Å²) >= 11 is 0. The molecule has 0 atom stereocenters. The van der Waals surface area contributed by atoms with Crippen LogP contribution in [0.25, 0.3) is 123 Å². The third kappa shape index (κ3) is 6.76. The third-order valence-electron chi connectivity index (χ3n) is 13.2. The van der Waals surface area contributed by atoms with Crippen LogP contribution >= 0.6 is 0 Å². The van der Waals surface area contributed by atoms with Crippen LogP contribution in [0.2, 0.25) is 0 Å². The lowest BCUT2D eigenvalue weighted by Gasteiger charge is -2.17. The lowest BCUT2D eigenvalue weighted by molar-refractivity contribution is 1.07. The van der Waals surface area contributed by atoms with Gasteiger partial charge in [0.25, 0.3) is 0 Å². The van der Waals surface area contributed by atoms with Crippen LogP contribution in [0.4, 0.5) is 0 Å². The molecule has 0 aliphatic carbocycles. The third-order valence-corrected chi connectivity index (χ3v) is 13.2. The fourth-order valence-corrected chi connectivity index (χ4v) is 9.97. The minimum Gasteiger partial charge on any atom is -0.309 e. The zero-order valence-corrected chi connectivity index (χ0v) is 36.9. The van der Waals surface area contributed by atoms with Crippen LogP contribution in [0.1, 0.15) is 0 Å². The van der Waals surface area contributed by atoms with Crippen molar-refractivity contribution < 1.29 is 0 Å². The highest BCUT2D eigenvalue weighted by Gasteiger charge is 2.19. The van der Waals surface area contributed by atoms with Crippen molar-refractivity contribution in [1.82, 2.24) is 24.1 Å². The molecule has 0 amide bonds. The van der Waals surface area contributed by atoms with E-state index in [0.29, 0.717) is 17.5 Å². The van der Waals surface area contributed by atoms with Crippen LogP contribution in [0.15, 0.2) is 249 Å². The van der Waals surface area contributed by atoms with Gasteiger partial charge in [-0.15, -0.1) is 0 Å². The number of aromatic nitrogens is 5. The van der Waals surface area contributed by atoms with Gasteiger partial charge in [-0.05, 0) is 82.4 Å². The van der Waals surface area contributed by atoms with Crippen LogP contribution in [-0.2, 0) is 0 Å². The van der Waals surface area contributed by atoms with E-state index in [0.717, 1.165) is 61.4 Å². The molecule has 318 valence electrons. The van der Waals surface area contributed by atoms with Crippen LogP contribution in [-0.4, -0.2) is 24.1 Å². The number of para-hydroxylation sites is 4. The summed E-state index contributed by atoms with van der Waals surface area (Å²) in [5.41, 5.74) is 16.4. The molecule has 0 unspecified atom stereocenters. The first-order valence-electron chi connectivity index (χ1n) is 23.0. The Balaban J connectivity index is 0.951. The van der Waals surface area contributed by atoms with Crippen LogP contribution in [0.5, 0.6) is 0 Å². The van der Waals surface area contributed by atoms with Gasteiger partial charge in [0.05, 0.1) is 27.8 Å². The molecule has 0 saturated heterocycles. The highest BCUT2D eigenvalue weighted by molar-refractivity contribution is 6.10. The summed E-state index contributed by atoms with van der Waals surface area (Å²) in [5, 5.41) is 4.89. The van der Waals surface area contributed by atoms with E-state index in [-0.39, 0.29) is 0 Å². The molecule has 0 saturated carbocycles. The topological polar surface area (TPSA) is 48.5 Å². The van der Waals surface area contributed by atoms with Gasteiger partial charge in [-0.2, -0.15) is 0 Å². The highest BCUT2D eigenvalue weighted by atomic mass is 15.0. The van der Waals surface area contributed by atoms with E-state index < -0.39 is 0 Å². The Morgan fingerprint density at radius 3 is 1.19 bits per heavy atom. The fraction of sp³-hybridized carbons (Fsp3) is 0. The number of nitrogens with zero attached hydrogens (tertiary/aromatic N) is 5. The maximum absolute atomic E-state index is 5.23. The molecule has 3 heterocycles. The number of rotatable bonds is 8. The molecule has 5 heteroatoms. The average molecular weight is 868 g/mol. The van der Waals surface area contributed by atoms with E-state index in [1.165, 1.54) is 43.7 Å². The molecule has 0 aliphatic rings. The summed E-state index contributed by atoms with van der Waals surface area (Å²) in [7, 11) is 0. The molecule has 0 fully saturated rings. The highest BCUT2D eigenvalue weighted by Crippen LogP contribution is 2.40. The Morgan fingerprint density at radius 2 is 0.618 bits per heavy atom. The minimum absolute atomic E-state index is 0.608. The molecule has 0 N–H and O–H groups in total. The molecule has 0 bridgehead atoms. The second-order valence-electron chi connectivity index (χ2n) is 17.2. The van der Waals surface area contributed by atoms with Crippen LogP contribution in [0.3, 0.4) is 0 Å². The molecule has 68 heavy (non-hydrogen) atoms. The summed E-state index contributed by atoms with van der Waals surface area (Å²) < 4.78 is 4.74. The van der Waals surface area contributed by atoms with E-state index in [1.807, 2.05) is 18.2 Å². The molecule has 0 aliphatic heterocycles. The second-order valence-corrected chi connectivity index (χ2v) is 17.2. The number of benzene rings is 10. The molecular weight excluding hydrogens is 827 g/mol. The van der Waals surface area contributed by atoms with E-state index in [9.17, 15) is 0 Å². The average Bonchev–Trinajstić information content (AvgIpc) is 3.94. The summed E-state index contributed by atoms with van der Waals surface area (Å²) in [6, 6.07) is 88.3. The molecular formula is C63H41N5. The molecule has 5 nitrogen and oxygen atoms in total. The lowest BCUT2D eigenvalue weighted by atomic mass is 9.94. The fourth-order valence-electron chi connectivity index (χ4n) is 9.97. The molecule has 3 aromatic heterocycles. The van der Waals surface area contributed by atoms with Crippen molar-refractivity contribution in [3.05, 3.63) is 249 Å². The smallest absolute Gasteiger partial charge is 0.164 e. The largest absolute Gasteiger partial charge is 0.309 e. The maximum Gasteiger partial charge on any atom is 0.164 e. The van der Waals surface area contributed by atoms with Gasteiger partial charge in [0.1, 0.15) is 0 Å². The molecule has 0 radical (unpaired) electrons. The summed E-state index contributed by atoms with van der Waals surface area (Å²) in [4.78, 5) is 15.5. The maximum atomic E-state index is 5.23. The van der Waals surface area contributed by atoms with Crippen molar-refractivity contribution in [2.75, 3.05) is 0 Å². The SMILES string of the molecule is c1ccc(-c2cccc(-c3ccc(-n4c5ccccc5c5ccccc54)c(-c4ccc(-c5nc(-c6ccccc6)nc(-c6cccc(-n7c8ccccc8c8ccccc87)c6)n5)cc4)c3)c2)cc1. The van der Waals surface area contributed by atoms with E-state index in [2.05, 4.69) is 240 Å². The first-order chi connectivity index (χ1) is 33.7. The number of hydrogen-bond donors (Lipinski definition) is 0. The Kier molecular flexibility index (Phi) is 9.43. The first-order valence-corrected chi connectivity index (χ1v) is 23.0. The Hall–Kier alpha value is -9.19. The minimum atomic E-state index is 0.608. The predicted octanol–water partition coefficient (Wildman–Crippen LogP) is 16.1. The van der Waals surface area contributed by atoms with Crippen LogP contribution in [0, 0.1) is 0 Å². The van der Waals surface area contributed by atoms with Crippen molar-refractivity contribution in [2.24, 2.45) is 0 Å². The van der Waals surface area contributed by atoms with Gasteiger partial charge < -0.3 is 9.13 Å². The Labute approximate surface area is 393 Å². The Morgan fingerprint density at radius 1 is 0.235 bits per heavy atom. The number of hydrogen-bond acceptors (Lipinski definition) is 3. The van der Waals surface area contributed by atoms with E-state index in [1.54, 1.807) is 0 Å². The van der Waals surface area contributed by atoms with Gasteiger partial charge in [-0.1, -0.05) is 194 Å². The summed E-state index contributed by atoms with van der Waals surface area (Å²) in [6.07, 6.45) is 0. The van der Waals surface area contributed by atoms with Crippen molar-refractivity contribution in [3.63, 3.8) is 0 Å². The van der Waals surface area contributed by atoms with E-state index in [4.69, 9.17) is 15.0 Å². The predicted molar refractivity (Wildman–Crippen MR) is 281 cm³/mol. The van der Waals surface area contributed by atoms with Crippen molar-refractivity contribution in [2.45, 2.75) is 0 Å².